The molecule has 0 aliphatic carbocycles. The van der Waals surface area contributed by atoms with E-state index in [9.17, 15) is 4.79 Å². The van der Waals surface area contributed by atoms with Crippen LogP contribution in [0.25, 0.3) is 11.4 Å². The Labute approximate surface area is 112 Å². The van der Waals surface area contributed by atoms with E-state index >= 15 is 0 Å². The number of nitrogens with two attached hydrogens (primary N) is 1. The van der Waals surface area contributed by atoms with Crippen LogP contribution in [-0.2, 0) is 4.74 Å². The summed E-state index contributed by atoms with van der Waals surface area (Å²) in [4.78, 5) is 18.6. The van der Waals surface area contributed by atoms with Crippen LogP contribution in [0.3, 0.4) is 0 Å². The van der Waals surface area contributed by atoms with Gasteiger partial charge in [0.25, 0.3) is 0 Å². The average molecular weight is 310 g/mol. The van der Waals surface area contributed by atoms with Gasteiger partial charge < -0.3 is 15.5 Å². The van der Waals surface area contributed by atoms with Gasteiger partial charge in [0.1, 0.15) is 5.82 Å². The number of carbonyl (C=O) groups excluding carboxylic acids is 1. The van der Waals surface area contributed by atoms with E-state index in [1.54, 1.807) is 6.92 Å². The van der Waals surface area contributed by atoms with Crippen molar-refractivity contribution in [2.24, 2.45) is 0 Å². The Morgan fingerprint density at radius 1 is 1.44 bits per heavy atom. The summed E-state index contributed by atoms with van der Waals surface area (Å²) in [7, 11) is 0. The number of esters is 1. The molecule has 0 spiro atoms. The lowest BCUT2D eigenvalue weighted by molar-refractivity contribution is 0.0521. The van der Waals surface area contributed by atoms with Crippen LogP contribution < -0.4 is 5.73 Å². The molecule has 0 saturated heterocycles. The van der Waals surface area contributed by atoms with E-state index in [1.807, 2.05) is 24.3 Å². The average Bonchev–Trinajstić information content (AvgIpc) is 2.72. The molecule has 0 bridgehead atoms. The minimum Gasteiger partial charge on any atom is -0.461 e. The number of halogens is 1. The van der Waals surface area contributed by atoms with Crippen molar-refractivity contribution in [2.75, 3.05) is 12.3 Å². The Kier molecular flexibility index (Phi) is 3.66. The summed E-state index contributed by atoms with van der Waals surface area (Å²) in [6.07, 6.45) is 0. The molecular formula is C12H12BrN3O2. The van der Waals surface area contributed by atoms with Crippen LogP contribution in [-0.4, -0.2) is 22.5 Å². The summed E-state index contributed by atoms with van der Waals surface area (Å²) in [5, 5.41) is 0. The molecule has 94 valence electrons. The Morgan fingerprint density at radius 3 is 2.72 bits per heavy atom. The number of carbonyl (C=O) groups is 1. The number of rotatable bonds is 3. The van der Waals surface area contributed by atoms with Gasteiger partial charge in [-0.2, -0.15) is 0 Å². The molecular weight excluding hydrogens is 298 g/mol. The highest BCUT2D eigenvalue weighted by molar-refractivity contribution is 9.10. The molecule has 5 nitrogen and oxygen atoms in total. The molecule has 0 atom stereocenters. The minimum atomic E-state index is -0.495. The first-order valence-electron chi connectivity index (χ1n) is 5.40. The van der Waals surface area contributed by atoms with Gasteiger partial charge in [0.05, 0.1) is 6.61 Å². The van der Waals surface area contributed by atoms with Gasteiger partial charge in [0, 0.05) is 10.0 Å². The highest BCUT2D eigenvalue weighted by atomic mass is 79.9. The fourth-order valence-electron chi connectivity index (χ4n) is 1.49. The first kappa shape index (κ1) is 12.6. The van der Waals surface area contributed by atoms with Gasteiger partial charge >= 0.3 is 5.97 Å². The molecule has 1 aromatic heterocycles. The number of benzene rings is 1. The topological polar surface area (TPSA) is 81.0 Å². The van der Waals surface area contributed by atoms with Gasteiger partial charge in [0.15, 0.2) is 11.5 Å². The number of ether oxygens (including phenoxy) is 1. The van der Waals surface area contributed by atoms with E-state index in [2.05, 4.69) is 25.9 Å². The number of hydrogen-bond acceptors (Lipinski definition) is 4. The predicted octanol–water partition coefficient (Wildman–Crippen LogP) is 2.60. The standard InChI is InChI=1S/C12H12BrN3O2/c1-2-18-12(17)9-10(14)16-11(15-9)7-3-5-8(13)6-4-7/h3-6H,2,14H2,1H3,(H,15,16). The summed E-state index contributed by atoms with van der Waals surface area (Å²) in [5.41, 5.74) is 6.72. The van der Waals surface area contributed by atoms with Crippen LogP contribution >= 0.6 is 15.9 Å². The third-order valence-electron chi connectivity index (χ3n) is 2.33. The summed E-state index contributed by atoms with van der Waals surface area (Å²) in [6, 6.07) is 7.52. The maximum Gasteiger partial charge on any atom is 0.358 e. The Bertz CT molecular complexity index is 563. The van der Waals surface area contributed by atoms with Crippen LogP contribution in [0.4, 0.5) is 5.82 Å². The molecule has 0 radical (unpaired) electrons. The number of imidazole rings is 1. The second kappa shape index (κ2) is 5.22. The number of nitrogen functional groups attached to an aromatic ring is 1. The molecule has 0 aliphatic rings. The SMILES string of the molecule is CCOC(=O)c1[nH]c(-c2ccc(Br)cc2)nc1N. The van der Waals surface area contributed by atoms with Gasteiger partial charge in [-0.1, -0.05) is 28.1 Å². The number of aromatic amines is 1. The Hall–Kier alpha value is -1.82. The van der Waals surface area contributed by atoms with Crippen molar-refractivity contribution in [1.82, 2.24) is 9.97 Å². The molecule has 0 unspecified atom stereocenters. The van der Waals surface area contributed by atoms with Crippen molar-refractivity contribution < 1.29 is 9.53 Å². The largest absolute Gasteiger partial charge is 0.461 e. The molecule has 0 amide bonds. The summed E-state index contributed by atoms with van der Waals surface area (Å²) >= 11 is 3.35. The zero-order valence-electron chi connectivity index (χ0n) is 9.74. The van der Waals surface area contributed by atoms with Gasteiger partial charge in [0.2, 0.25) is 0 Å². The molecule has 0 saturated carbocycles. The molecule has 2 rings (SSSR count). The lowest BCUT2D eigenvalue weighted by Crippen LogP contribution is -2.07. The number of H-pyrrole nitrogens is 1. The van der Waals surface area contributed by atoms with Crippen molar-refractivity contribution >= 4 is 27.7 Å². The number of nitrogens with one attached hydrogen (secondary N) is 1. The van der Waals surface area contributed by atoms with Crippen LogP contribution in [0, 0.1) is 0 Å². The maximum atomic E-state index is 11.6. The Balaban J connectivity index is 2.34. The van der Waals surface area contributed by atoms with E-state index < -0.39 is 5.97 Å². The first-order chi connectivity index (χ1) is 8.61. The van der Waals surface area contributed by atoms with Crippen LogP contribution in [0.5, 0.6) is 0 Å². The third kappa shape index (κ3) is 2.53. The molecule has 6 heteroatoms. The monoisotopic (exact) mass is 309 g/mol. The maximum absolute atomic E-state index is 11.6. The number of anilines is 1. The van der Waals surface area contributed by atoms with Crippen molar-refractivity contribution in [3.05, 3.63) is 34.4 Å². The van der Waals surface area contributed by atoms with Crippen LogP contribution in [0.2, 0.25) is 0 Å². The van der Waals surface area contributed by atoms with Crippen LogP contribution in [0.1, 0.15) is 17.4 Å². The summed E-state index contributed by atoms with van der Waals surface area (Å²) in [5.74, 6) is 0.195. The van der Waals surface area contributed by atoms with Crippen molar-refractivity contribution in [1.29, 1.82) is 0 Å². The fourth-order valence-corrected chi connectivity index (χ4v) is 1.75. The summed E-state index contributed by atoms with van der Waals surface area (Å²) < 4.78 is 5.85. The zero-order valence-corrected chi connectivity index (χ0v) is 11.3. The van der Waals surface area contributed by atoms with Crippen LogP contribution in [0.15, 0.2) is 28.7 Å². The summed E-state index contributed by atoms with van der Waals surface area (Å²) in [6.45, 7) is 2.03. The Morgan fingerprint density at radius 2 is 2.11 bits per heavy atom. The molecule has 0 fully saturated rings. The van der Waals surface area contributed by atoms with Gasteiger partial charge in [-0.3, -0.25) is 0 Å². The predicted molar refractivity (Wildman–Crippen MR) is 72.1 cm³/mol. The first-order valence-corrected chi connectivity index (χ1v) is 6.19. The minimum absolute atomic E-state index is 0.145. The van der Waals surface area contributed by atoms with E-state index in [4.69, 9.17) is 10.5 Å². The number of hydrogen-bond donors (Lipinski definition) is 2. The number of aromatic nitrogens is 2. The van der Waals surface area contributed by atoms with Gasteiger partial charge in [-0.15, -0.1) is 0 Å². The zero-order chi connectivity index (χ0) is 13.1. The van der Waals surface area contributed by atoms with Crippen molar-refractivity contribution in [3.63, 3.8) is 0 Å². The molecule has 3 N–H and O–H groups in total. The van der Waals surface area contributed by atoms with Crippen molar-refractivity contribution in [2.45, 2.75) is 6.92 Å². The van der Waals surface area contributed by atoms with E-state index in [0.29, 0.717) is 12.4 Å². The van der Waals surface area contributed by atoms with Crippen molar-refractivity contribution in [3.8, 4) is 11.4 Å². The normalized spacial score (nSPS) is 10.3. The van der Waals surface area contributed by atoms with E-state index in [1.165, 1.54) is 0 Å². The number of nitrogens with zero attached hydrogens (tertiary/aromatic N) is 1. The van der Waals surface area contributed by atoms with Gasteiger partial charge in [-0.05, 0) is 19.1 Å². The lowest BCUT2D eigenvalue weighted by atomic mass is 10.2. The quantitative estimate of drug-likeness (QED) is 0.854. The second-order valence-electron chi connectivity index (χ2n) is 3.57. The molecule has 1 aromatic carbocycles. The fraction of sp³-hybridized carbons (Fsp3) is 0.167. The smallest absolute Gasteiger partial charge is 0.358 e. The highest BCUT2D eigenvalue weighted by Gasteiger charge is 2.16. The van der Waals surface area contributed by atoms with E-state index in [0.717, 1.165) is 10.0 Å². The molecule has 0 aliphatic heterocycles. The third-order valence-corrected chi connectivity index (χ3v) is 2.86. The molecule has 2 aromatic rings. The molecule has 1 heterocycles. The lowest BCUT2D eigenvalue weighted by Gasteiger charge is -1.98. The second-order valence-corrected chi connectivity index (χ2v) is 4.49. The van der Waals surface area contributed by atoms with E-state index in [-0.39, 0.29) is 11.5 Å². The molecule has 18 heavy (non-hydrogen) atoms. The van der Waals surface area contributed by atoms with Gasteiger partial charge in [-0.25, -0.2) is 9.78 Å². The highest BCUT2D eigenvalue weighted by Crippen LogP contribution is 2.22.